The van der Waals surface area contributed by atoms with Gasteiger partial charge >= 0.3 is 6.21 Å². The third-order valence-electron chi connectivity index (χ3n) is 1.48. The van der Waals surface area contributed by atoms with Crippen LogP contribution in [0.25, 0.3) is 5.53 Å². The highest BCUT2D eigenvalue weighted by Gasteiger charge is 2.05. The number of ketones is 1. The summed E-state index contributed by atoms with van der Waals surface area (Å²) >= 11 is 0. The van der Waals surface area contributed by atoms with Crippen LogP contribution < -0.4 is 0 Å². The van der Waals surface area contributed by atoms with Crippen LogP contribution >= 0.6 is 0 Å². The highest BCUT2D eigenvalue weighted by Crippen LogP contribution is 2.03. The Morgan fingerprint density at radius 3 is 2.92 bits per heavy atom. The van der Waals surface area contributed by atoms with E-state index in [0.29, 0.717) is 5.56 Å². The molecule has 0 N–H and O–H groups in total. The first kappa shape index (κ1) is 8.37. The van der Waals surface area contributed by atoms with Crippen molar-refractivity contribution < 1.29 is 9.58 Å². The Morgan fingerprint density at radius 1 is 1.58 bits per heavy atom. The number of rotatable bonds is 2. The summed E-state index contributed by atoms with van der Waals surface area (Å²) < 4.78 is 0. The largest absolute Gasteiger partial charge is 0.361 e. The molecule has 1 rings (SSSR count). The molecular weight excluding hydrogens is 152 g/mol. The zero-order valence-corrected chi connectivity index (χ0v) is 6.69. The van der Waals surface area contributed by atoms with E-state index in [2.05, 4.69) is 4.79 Å². The summed E-state index contributed by atoms with van der Waals surface area (Å²) in [7, 11) is 0. The van der Waals surface area contributed by atoms with Crippen LogP contribution in [0.15, 0.2) is 24.3 Å². The molecule has 0 atom stereocenters. The standard InChI is InChI=1S/C9H8N2O/c1-7-3-2-4-8(5-7)9(12)6-11-10/h2-6H,1H3. The molecule has 1 aromatic rings. The fourth-order valence-corrected chi connectivity index (χ4v) is 0.925. The van der Waals surface area contributed by atoms with Crippen molar-refractivity contribution in [2.75, 3.05) is 0 Å². The summed E-state index contributed by atoms with van der Waals surface area (Å²) in [5, 5.41) is 0. The van der Waals surface area contributed by atoms with Crippen molar-refractivity contribution in [3.05, 3.63) is 40.9 Å². The van der Waals surface area contributed by atoms with Gasteiger partial charge in [0.15, 0.2) is 0 Å². The van der Waals surface area contributed by atoms with Gasteiger partial charge < -0.3 is 5.53 Å². The molecule has 0 unspecified atom stereocenters. The molecule has 1 aromatic carbocycles. The fourth-order valence-electron chi connectivity index (χ4n) is 0.925. The normalized spacial score (nSPS) is 8.75. The highest BCUT2D eigenvalue weighted by molar-refractivity contribution is 6.33. The lowest BCUT2D eigenvalue weighted by Crippen LogP contribution is -2.00. The number of aryl methyl sites for hydroxylation is 1. The molecule has 0 spiro atoms. The topological polar surface area (TPSA) is 53.5 Å². The van der Waals surface area contributed by atoms with E-state index in [-0.39, 0.29) is 5.78 Å². The van der Waals surface area contributed by atoms with Crippen LogP contribution in [-0.4, -0.2) is 16.8 Å². The summed E-state index contributed by atoms with van der Waals surface area (Å²) in [6.45, 7) is 1.90. The van der Waals surface area contributed by atoms with Gasteiger partial charge in [-0.1, -0.05) is 23.8 Å². The van der Waals surface area contributed by atoms with Crippen LogP contribution in [0.1, 0.15) is 15.9 Å². The van der Waals surface area contributed by atoms with E-state index < -0.39 is 0 Å². The van der Waals surface area contributed by atoms with Gasteiger partial charge in [0, 0.05) is 5.56 Å². The van der Waals surface area contributed by atoms with E-state index in [1.807, 2.05) is 13.0 Å². The Labute approximate surface area is 70.3 Å². The van der Waals surface area contributed by atoms with Gasteiger partial charge in [-0.3, -0.25) is 4.79 Å². The average Bonchev–Trinajstić information content (AvgIpc) is 2.05. The molecule has 3 heteroatoms. The van der Waals surface area contributed by atoms with Crippen molar-refractivity contribution in [3.8, 4) is 0 Å². The smallest absolute Gasteiger partial charge is 0.328 e. The molecule has 0 bridgehead atoms. The van der Waals surface area contributed by atoms with Crippen molar-refractivity contribution in [2.24, 2.45) is 0 Å². The summed E-state index contributed by atoms with van der Waals surface area (Å²) in [6, 6.07) is 7.10. The Kier molecular flexibility index (Phi) is 2.51. The van der Waals surface area contributed by atoms with Crippen LogP contribution in [0.2, 0.25) is 0 Å². The van der Waals surface area contributed by atoms with E-state index in [9.17, 15) is 4.79 Å². The molecule has 12 heavy (non-hydrogen) atoms. The fraction of sp³-hybridized carbons (Fsp3) is 0.111. The molecule has 0 aromatic heterocycles. The first-order valence-corrected chi connectivity index (χ1v) is 3.52. The Balaban J connectivity index is 3.03. The van der Waals surface area contributed by atoms with Crippen molar-refractivity contribution >= 4 is 12.0 Å². The maximum Gasteiger partial charge on any atom is 0.328 e. The van der Waals surface area contributed by atoms with Crippen molar-refractivity contribution in [3.63, 3.8) is 0 Å². The zero-order valence-electron chi connectivity index (χ0n) is 6.69. The van der Waals surface area contributed by atoms with Crippen LogP contribution in [0, 0.1) is 6.92 Å². The molecule has 0 heterocycles. The lowest BCUT2D eigenvalue weighted by Gasteiger charge is -1.93. The lowest BCUT2D eigenvalue weighted by molar-refractivity contribution is 0.00235. The minimum absolute atomic E-state index is 0.291. The second-order valence-corrected chi connectivity index (χ2v) is 2.48. The average molecular weight is 160 g/mol. The Hall–Kier alpha value is -1.73. The summed E-state index contributed by atoms with van der Waals surface area (Å²) in [4.78, 5) is 13.8. The van der Waals surface area contributed by atoms with Crippen molar-refractivity contribution in [1.29, 1.82) is 0 Å². The summed E-state index contributed by atoms with van der Waals surface area (Å²) in [6.07, 6.45) is 0.884. The highest BCUT2D eigenvalue weighted by atomic mass is 16.1. The monoisotopic (exact) mass is 160 g/mol. The van der Waals surface area contributed by atoms with E-state index in [1.54, 1.807) is 18.2 Å². The molecule has 0 fully saturated rings. The number of benzene rings is 1. The number of Topliss-reactive ketones (excluding diaryl/α,β-unsaturated/α-hetero) is 1. The van der Waals surface area contributed by atoms with E-state index in [4.69, 9.17) is 5.53 Å². The molecule has 0 saturated heterocycles. The van der Waals surface area contributed by atoms with Gasteiger partial charge in [0.2, 0.25) is 0 Å². The number of carbonyl (C=O) groups excluding carboxylic acids is 1. The summed E-state index contributed by atoms with van der Waals surface area (Å²) in [5.41, 5.74) is 9.66. The molecule has 3 nitrogen and oxygen atoms in total. The van der Waals surface area contributed by atoms with Crippen LogP contribution in [0.3, 0.4) is 0 Å². The second kappa shape index (κ2) is 3.60. The third-order valence-corrected chi connectivity index (χ3v) is 1.48. The lowest BCUT2D eigenvalue weighted by atomic mass is 10.1. The molecule has 60 valence electrons. The number of hydrogen-bond donors (Lipinski definition) is 0. The van der Waals surface area contributed by atoms with Gasteiger partial charge in [-0.05, 0) is 13.0 Å². The maximum atomic E-state index is 11.1. The maximum absolute atomic E-state index is 11.1. The van der Waals surface area contributed by atoms with Crippen LogP contribution in [-0.2, 0) is 0 Å². The van der Waals surface area contributed by atoms with Crippen molar-refractivity contribution in [1.82, 2.24) is 0 Å². The van der Waals surface area contributed by atoms with Gasteiger partial charge in [0.25, 0.3) is 5.78 Å². The molecular formula is C9H8N2O. The minimum atomic E-state index is -0.291. The minimum Gasteiger partial charge on any atom is -0.361 e. The molecule has 0 aliphatic heterocycles. The van der Waals surface area contributed by atoms with Gasteiger partial charge in [-0.15, -0.1) is 0 Å². The quantitative estimate of drug-likeness (QED) is 0.280. The number of hydrogen-bond acceptors (Lipinski definition) is 1. The molecule has 0 amide bonds. The van der Waals surface area contributed by atoms with E-state index in [0.717, 1.165) is 11.8 Å². The molecule has 0 radical (unpaired) electrons. The Morgan fingerprint density at radius 2 is 2.33 bits per heavy atom. The Bertz CT molecular complexity index is 351. The SMILES string of the molecule is Cc1cccc(C(=O)C=[N+]=[N-])c1. The molecule has 0 aliphatic rings. The first-order valence-electron chi connectivity index (χ1n) is 3.52. The van der Waals surface area contributed by atoms with Crippen LogP contribution in [0.4, 0.5) is 0 Å². The number of carbonyl (C=O) groups is 1. The molecule has 0 aliphatic carbocycles. The summed E-state index contributed by atoms with van der Waals surface area (Å²) in [5.74, 6) is -0.291. The predicted octanol–water partition coefficient (Wildman–Crippen LogP) is 1.48. The van der Waals surface area contributed by atoms with Gasteiger partial charge in [-0.25, -0.2) is 0 Å². The van der Waals surface area contributed by atoms with Gasteiger partial charge in [0.05, 0.1) is 0 Å². The van der Waals surface area contributed by atoms with E-state index in [1.165, 1.54) is 0 Å². The van der Waals surface area contributed by atoms with Crippen LogP contribution in [0.5, 0.6) is 0 Å². The predicted molar refractivity (Wildman–Crippen MR) is 45.2 cm³/mol. The third kappa shape index (κ3) is 1.87. The first-order chi connectivity index (χ1) is 5.74. The second-order valence-electron chi connectivity index (χ2n) is 2.48. The number of nitrogens with zero attached hydrogens (tertiary/aromatic N) is 2. The van der Waals surface area contributed by atoms with E-state index >= 15 is 0 Å². The van der Waals surface area contributed by atoms with Crippen molar-refractivity contribution in [2.45, 2.75) is 6.92 Å². The van der Waals surface area contributed by atoms with Gasteiger partial charge in [0.1, 0.15) is 0 Å². The molecule has 0 saturated carbocycles. The zero-order chi connectivity index (χ0) is 8.97. The van der Waals surface area contributed by atoms with Gasteiger partial charge in [-0.2, -0.15) is 4.79 Å².